The van der Waals surface area contributed by atoms with Gasteiger partial charge in [0.1, 0.15) is 0 Å². The lowest BCUT2D eigenvalue weighted by molar-refractivity contribution is 0.0326. The summed E-state index contributed by atoms with van der Waals surface area (Å²) in [6.45, 7) is 7.87. The zero-order chi connectivity index (χ0) is 17.5. The van der Waals surface area contributed by atoms with E-state index in [4.69, 9.17) is 26.9 Å². The van der Waals surface area contributed by atoms with Gasteiger partial charge in [-0.25, -0.2) is 10.5 Å². The summed E-state index contributed by atoms with van der Waals surface area (Å²) in [7, 11) is 0. The molecule has 0 spiro atoms. The first kappa shape index (κ1) is 20.7. The van der Waals surface area contributed by atoms with Gasteiger partial charge in [-0.3, -0.25) is 0 Å². The predicted octanol–water partition coefficient (Wildman–Crippen LogP) is 6.41. The van der Waals surface area contributed by atoms with Crippen molar-refractivity contribution < 1.29 is 9.15 Å². The molecule has 2 N–H and O–H groups in total. The van der Waals surface area contributed by atoms with Gasteiger partial charge in [0.15, 0.2) is 0 Å². The first-order valence-corrected chi connectivity index (χ1v) is 13.2. The molecule has 24 heavy (non-hydrogen) atoms. The van der Waals surface area contributed by atoms with Crippen LogP contribution in [0.1, 0.15) is 77.0 Å². The molecule has 0 aromatic heterocycles. The summed E-state index contributed by atoms with van der Waals surface area (Å²) in [6.07, 6.45) is 17.4. The first-order valence-electron chi connectivity index (χ1n) is 9.13. The number of hydrogen-bond acceptors (Lipinski definition) is 5. The Balaban J connectivity index is 2.17. The summed E-state index contributed by atoms with van der Waals surface area (Å²) < 4.78 is 12.0. The van der Waals surface area contributed by atoms with Crippen LogP contribution >= 0.6 is 17.1 Å². The topological polar surface area (TPSA) is 44.5 Å². The van der Waals surface area contributed by atoms with Crippen LogP contribution in [0.5, 0.6) is 0 Å². The van der Waals surface area contributed by atoms with Gasteiger partial charge in [-0.1, -0.05) is 62.1 Å². The number of nitrogens with two attached hydrogens (primary N) is 1. The molecule has 1 atom stereocenters. The maximum atomic E-state index is 6.57. The van der Waals surface area contributed by atoms with Crippen molar-refractivity contribution in [3.8, 4) is 0 Å². The van der Waals surface area contributed by atoms with Crippen molar-refractivity contribution >= 4 is 28.9 Å². The van der Waals surface area contributed by atoms with Gasteiger partial charge in [0, 0.05) is 4.75 Å². The van der Waals surface area contributed by atoms with Crippen molar-refractivity contribution in [3.63, 3.8) is 0 Å². The zero-order valence-corrected chi connectivity index (χ0v) is 17.2. The van der Waals surface area contributed by atoms with Crippen LogP contribution in [-0.2, 0) is 21.0 Å². The lowest BCUT2D eigenvalue weighted by Gasteiger charge is -2.43. The van der Waals surface area contributed by atoms with Crippen molar-refractivity contribution in [1.29, 1.82) is 0 Å². The van der Waals surface area contributed by atoms with E-state index in [1.165, 1.54) is 38.5 Å². The number of hydrogen-bond donors (Lipinski definition) is 1. The van der Waals surface area contributed by atoms with Crippen LogP contribution in [0, 0.1) is 0 Å². The van der Waals surface area contributed by atoms with Crippen molar-refractivity contribution in [2.45, 2.75) is 87.4 Å². The molecule has 2 aliphatic carbocycles. The Hall–Kier alpha value is 0.360. The fourth-order valence-corrected chi connectivity index (χ4v) is 10.9. The molecule has 0 bridgehead atoms. The maximum absolute atomic E-state index is 6.57. The Morgan fingerprint density at radius 2 is 1.50 bits per heavy atom. The normalized spacial score (nSPS) is 25.5. The highest BCUT2D eigenvalue weighted by molar-refractivity contribution is 8.68. The molecule has 0 saturated heterocycles. The van der Waals surface area contributed by atoms with Gasteiger partial charge in [0.05, 0.1) is 5.60 Å². The molecule has 1 unspecified atom stereocenters. The second-order valence-corrected chi connectivity index (χ2v) is 13.7. The lowest BCUT2D eigenvalue weighted by atomic mass is 9.83. The van der Waals surface area contributed by atoms with E-state index in [0.717, 1.165) is 38.5 Å². The van der Waals surface area contributed by atoms with Crippen molar-refractivity contribution in [2.24, 2.45) is 5.90 Å². The molecular formula is C18H32NO2PS2. The summed E-state index contributed by atoms with van der Waals surface area (Å²) >= 11 is 7.58. The van der Waals surface area contributed by atoms with E-state index in [0.29, 0.717) is 0 Å². The number of rotatable bonds is 9. The van der Waals surface area contributed by atoms with Crippen LogP contribution in [-0.4, -0.2) is 10.3 Å². The highest BCUT2D eigenvalue weighted by Gasteiger charge is 2.43. The molecule has 0 aromatic rings. The van der Waals surface area contributed by atoms with Crippen LogP contribution < -0.4 is 5.90 Å². The van der Waals surface area contributed by atoms with Gasteiger partial charge >= 0.3 is 0 Å². The largest absolute Gasteiger partial charge is 0.314 e. The van der Waals surface area contributed by atoms with Crippen LogP contribution in [0.25, 0.3) is 0 Å². The van der Waals surface area contributed by atoms with E-state index in [2.05, 4.69) is 13.2 Å². The van der Waals surface area contributed by atoms with Crippen LogP contribution in [0.4, 0.5) is 0 Å². The summed E-state index contributed by atoms with van der Waals surface area (Å²) in [5, 5.41) is 0. The zero-order valence-electron chi connectivity index (χ0n) is 14.7. The van der Waals surface area contributed by atoms with Gasteiger partial charge < -0.3 is 4.52 Å². The molecule has 2 aliphatic rings. The maximum Gasteiger partial charge on any atom is 0.264 e. The van der Waals surface area contributed by atoms with Crippen LogP contribution in [0.2, 0.25) is 0 Å². The molecule has 2 saturated carbocycles. The molecule has 3 nitrogen and oxygen atoms in total. The average Bonchev–Trinajstić information content (AvgIpc) is 2.56. The van der Waals surface area contributed by atoms with Crippen LogP contribution in [0.3, 0.4) is 0 Å². The van der Waals surface area contributed by atoms with E-state index in [1.807, 2.05) is 12.2 Å². The molecule has 0 amide bonds. The van der Waals surface area contributed by atoms with Gasteiger partial charge in [0.25, 0.3) is 5.69 Å². The average molecular weight is 390 g/mol. The molecule has 0 aliphatic heterocycles. The molecule has 2 rings (SSSR count). The SMILES string of the molecule is C=CCC1(OP(=S)(ON)SC2(CC=C)CCCCC2)CCCCC1. The molecule has 0 radical (unpaired) electrons. The van der Waals surface area contributed by atoms with E-state index < -0.39 is 5.69 Å². The van der Waals surface area contributed by atoms with E-state index >= 15 is 0 Å². The van der Waals surface area contributed by atoms with Crippen LogP contribution in [0.15, 0.2) is 25.3 Å². The Morgan fingerprint density at radius 1 is 0.958 bits per heavy atom. The third-order valence-electron chi connectivity index (χ3n) is 5.30. The molecule has 138 valence electrons. The molecule has 0 heterocycles. The minimum absolute atomic E-state index is 0.0823. The highest BCUT2D eigenvalue weighted by atomic mass is 32.9. The standard InChI is InChI=1S/C18H32NO2PS2/c1-3-11-17(13-7-5-8-14-17)20-22(23,21-19)24-18(12-4-2)15-9-6-10-16-18/h3-4H,1-2,5-16,19H2. The van der Waals surface area contributed by atoms with Crippen molar-refractivity contribution in [2.75, 3.05) is 0 Å². The Labute approximate surface area is 156 Å². The summed E-state index contributed by atoms with van der Waals surface area (Å²) in [6, 6.07) is 0. The minimum atomic E-state index is -2.60. The van der Waals surface area contributed by atoms with Crippen molar-refractivity contribution in [1.82, 2.24) is 0 Å². The summed E-state index contributed by atoms with van der Waals surface area (Å²) in [5.41, 5.74) is -2.83. The van der Waals surface area contributed by atoms with Gasteiger partial charge in [-0.2, -0.15) is 0 Å². The molecule has 6 heteroatoms. The Kier molecular flexibility index (Phi) is 8.04. The van der Waals surface area contributed by atoms with E-state index in [1.54, 1.807) is 11.4 Å². The lowest BCUT2D eigenvalue weighted by Crippen LogP contribution is -2.35. The Bertz CT molecular complexity index is 434. The summed E-state index contributed by atoms with van der Waals surface area (Å²) in [5.74, 6) is 5.70. The monoisotopic (exact) mass is 389 g/mol. The highest BCUT2D eigenvalue weighted by Crippen LogP contribution is 2.70. The fourth-order valence-electron chi connectivity index (χ4n) is 4.12. The van der Waals surface area contributed by atoms with Gasteiger partial charge in [-0.05, 0) is 50.3 Å². The summed E-state index contributed by atoms with van der Waals surface area (Å²) in [4.78, 5) is 0. The minimum Gasteiger partial charge on any atom is -0.314 e. The molecule has 0 aromatic carbocycles. The van der Waals surface area contributed by atoms with Gasteiger partial charge in [0.2, 0.25) is 0 Å². The third-order valence-corrected chi connectivity index (χ3v) is 10.8. The smallest absolute Gasteiger partial charge is 0.264 e. The molecule has 2 fully saturated rings. The second kappa shape index (κ2) is 9.34. The second-order valence-electron chi connectivity index (χ2n) is 7.21. The Morgan fingerprint density at radius 3 is 2.00 bits per heavy atom. The van der Waals surface area contributed by atoms with Crippen molar-refractivity contribution in [3.05, 3.63) is 25.3 Å². The van der Waals surface area contributed by atoms with Gasteiger partial charge in [-0.15, -0.1) is 13.2 Å². The number of allylic oxidation sites excluding steroid dienone is 1. The van der Waals surface area contributed by atoms with E-state index in [9.17, 15) is 0 Å². The first-order chi connectivity index (χ1) is 11.5. The fraction of sp³-hybridized carbons (Fsp3) is 0.778. The third kappa shape index (κ3) is 5.43. The van der Waals surface area contributed by atoms with E-state index in [-0.39, 0.29) is 10.3 Å². The predicted molar refractivity (Wildman–Crippen MR) is 109 cm³/mol. The molecular weight excluding hydrogens is 357 g/mol. The quantitative estimate of drug-likeness (QED) is 0.280.